The molecule has 0 amide bonds. The molecule has 1 aliphatic rings. The summed E-state index contributed by atoms with van der Waals surface area (Å²) in [5, 5.41) is 9.42. The molecule has 1 heterocycles. The molecule has 4 nitrogen and oxygen atoms in total. The summed E-state index contributed by atoms with van der Waals surface area (Å²) in [5.41, 5.74) is 7.61. The van der Waals surface area contributed by atoms with Crippen LogP contribution in [0.25, 0.3) is 0 Å². The van der Waals surface area contributed by atoms with E-state index in [1.807, 2.05) is 6.92 Å². The third kappa shape index (κ3) is 4.27. The van der Waals surface area contributed by atoms with E-state index in [0.29, 0.717) is 0 Å². The number of morpholine rings is 1. The topological polar surface area (TPSA) is 58.7 Å². The van der Waals surface area contributed by atoms with Gasteiger partial charge in [0.1, 0.15) is 0 Å². The highest BCUT2D eigenvalue weighted by atomic mass is 79.9. The van der Waals surface area contributed by atoms with Crippen molar-refractivity contribution in [2.75, 3.05) is 19.7 Å². The van der Waals surface area contributed by atoms with Gasteiger partial charge in [0.15, 0.2) is 0 Å². The molecule has 0 saturated carbocycles. The zero-order valence-electron chi connectivity index (χ0n) is 12.7. The Kier molecular flexibility index (Phi) is 6.20. The molecule has 0 aliphatic carbocycles. The average molecular weight is 357 g/mol. The second-order valence-electron chi connectivity index (χ2n) is 5.77. The van der Waals surface area contributed by atoms with Gasteiger partial charge >= 0.3 is 0 Å². The van der Waals surface area contributed by atoms with E-state index < -0.39 is 0 Å². The summed E-state index contributed by atoms with van der Waals surface area (Å²) in [6.45, 7) is 5.77. The molecular formula is C16H25BrN2O2. The number of nitrogens with zero attached hydrogens (tertiary/aromatic N) is 1. The van der Waals surface area contributed by atoms with Crippen molar-refractivity contribution in [2.24, 2.45) is 5.73 Å². The fourth-order valence-electron chi connectivity index (χ4n) is 3.02. The third-order valence-electron chi connectivity index (χ3n) is 4.04. The molecule has 4 atom stereocenters. The van der Waals surface area contributed by atoms with Gasteiger partial charge in [0.25, 0.3) is 0 Å². The van der Waals surface area contributed by atoms with E-state index >= 15 is 0 Å². The maximum Gasteiger partial charge on any atom is 0.0936 e. The number of hydrogen-bond acceptors (Lipinski definition) is 4. The van der Waals surface area contributed by atoms with Gasteiger partial charge in [0.2, 0.25) is 0 Å². The van der Waals surface area contributed by atoms with Crippen molar-refractivity contribution in [3.63, 3.8) is 0 Å². The lowest BCUT2D eigenvalue weighted by molar-refractivity contribution is -0.108. The van der Waals surface area contributed by atoms with E-state index in [2.05, 4.69) is 52.0 Å². The SMILES string of the molecule is CCC(N)C(c1ccc(Br)cc1)N1CC(C)OC(CO)C1. The van der Waals surface area contributed by atoms with Crippen molar-refractivity contribution in [2.45, 2.75) is 44.6 Å². The lowest BCUT2D eigenvalue weighted by atomic mass is 9.95. The molecule has 5 heteroatoms. The highest BCUT2D eigenvalue weighted by Crippen LogP contribution is 2.29. The van der Waals surface area contributed by atoms with Gasteiger partial charge in [0, 0.05) is 23.6 Å². The summed E-state index contributed by atoms with van der Waals surface area (Å²) < 4.78 is 6.81. The van der Waals surface area contributed by atoms with Crippen LogP contribution >= 0.6 is 15.9 Å². The molecule has 4 unspecified atom stereocenters. The minimum Gasteiger partial charge on any atom is -0.394 e. The highest BCUT2D eigenvalue weighted by molar-refractivity contribution is 9.10. The number of nitrogens with two attached hydrogens (primary N) is 1. The molecule has 1 saturated heterocycles. The summed E-state index contributed by atoms with van der Waals surface area (Å²) in [4.78, 5) is 2.35. The monoisotopic (exact) mass is 356 g/mol. The van der Waals surface area contributed by atoms with Crippen LogP contribution in [0, 0.1) is 0 Å². The maximum absolute atomic E-state index is 9.42. The first-order chi connectivity index (χ1) is 10.0. The smallest absolute Gasteiger partial charge is 0.0936 e. The van der Waals surface area contributed by atoms with Gasteiger partial charge in [-0.25, -0.2) is 0 Å². The largest absolute Gasteiger partial charge is 0.394 e. The van der Waals surface area contributed by atoms with Crippen LogP contribution in [0.15, 0.2) is 28.7 Å². The van der Waals surface area contributed by atoms with Crippen molar-refractivity contribution in [1.82, 2.24) is 4.90 Å². The second-order valence-corrected chi connectivity index (χ2v) is 6.69. The van der Waals surface area contributed by atoms with Gasteiger partial charge in [-0.2, -0.15) is 0 Å². The first-order valence-corrected chi connectivity index (χ1v) is 8.35. The Bertz CT molecular complexity index is 440. The molecule has 0 bridgehead atoms. The highest BCUT2D eigenvalue weighted by Gasteiger charge is 2.33. The van der Waals surface area contributed by atoms with Gasteiger partial charge in [-0.05, 0) is 31.0 Å². The van der Waals surface area contributed by atoms with Crippen molar-refractivity contribution in [3.05, 3.63) is 34.3 Å². The van der Waals surface area contributed by atoms with Crippen LogP contribution in [0.3, 0.4) is 0 Å². The summed E-state index contributed by atoms with van der Waals surface area (Å²) in [6.07, 6.45) is 0.893. The first-order valence-electron chi connectivity index (χ1n) is 7.56. The van der Waals surface area contributed by atoms with Crippen molar-refractivity contribution in [3.8, 4) is 0 Å². The molecule has 2 rings (SSSR count). The lowest BCUT2D eigenvalue weighted by Crippen LogP contribution is -2.52. The van der Waals surface area contributed by atoms with E-state index in [-0.39, 0.29) is 30.9 Å². The van der Waals surface area contributed by atoms with E-state index in [0.717, 1.165) is 24.0 Å². The summed E-state index contributed by atoms with van der Waals surface area (Å²) in [6, 6.07) is 8.58. The number of halogens is 1. The predicted octanol–water partition coefficient (Wildman–Crippen LogP) is 2.31. The van der Waals surface area contributed by atoms with E-state index in [4.69, 9.17) is 10.5 Å². The standard InChI is InChI=1S/C16H25BrN2O2/c1-3-15(18)16(12-4-6-13(17)7-5-12)19-8-11(2)21-14(9-19)10-20/h4-7,11,14-16,20H,3,8-10,18H2,1-2H3. The number of benzene rings is 1. The van der Waals surface area contributed by atoms with Crippen molar-refractivity contribution >= 4 is 15.9 Å². The van der Waals surface area contributed by atoms with Crippen LogP contribution in [-0.2, 0) is 4.74 Å². The number of ether oxygens (including phenoxy) is 1. The molecule has 0 aromatic heterocycles. The first kappa shape index (κ1) is 16.9. The van der Waals surface area contributed by atoms with Gasteiger partial charge in [-0.1, -0.05) is 35.0 Å². The molecular weight excluding hydrogens is 332 g/mol. The number of aliphatic hydroxyl groups excluding tert-OH is 1. The van der Waals surface area contributed by atoms with Crippen LogP contribution in [0.5, 0.6) is 0 Å². The lowest BCUT2D eigenvalue weighted by Gasteiger charge is -2.43. The Morgan fingerprint density at radius 1 is 1.38 bits per heavy atom. The van der Waals surface area contributed by atoms with E-state index in [9.17, 15) is 5.11 Å². The molecule has 1 aromatic carbocycles. The summed E-state index contributed by atoms with van der Waals surface area (Å²) in [5.74, 6) is 0. The van der Waals surface area contributed by atoms with E-state index in [1.165, 1.54) is 5.56 Å². The number of rotatable bonds is 5. The molecule has 0 radical (unpaired) electrons. The van der Waals surface area contributed by atoms with Crippen LogP contribution in [0.4, 0.5) is 0 Å². The minimum absolute atomic E-state index is 0.0509. The number of aliphatic hydroxyl groups is 1. The summed E-state index contributed by atoms with van der Waals surface area (Å²) >= 11 is 3.48. The second kappa shape index (κ2) is 7.70. The predicted molar refractivity (Wildman–Crippen MR) is 88.1 cm³/mol. The molecule has 1 aliphatic heterocycles. The van der Waals surface area contributed by atoms with Crippen LogP contribution in [0.2, 0.25) is 0 Å². The fourth-order valence-corrected chi connectivity index (χ4v) is 3.29. The van der Waals surface area contributed by atoms with Crippen LogP contribution in [0.1, 0.15) is 31.9 Å². The van der Waals surface area contributed by atoms with Gasteiger partial charge < -0.3 is 15.6 Å². The van der Waals surface area contributed by atoms with Crippen molar-refractivity contribution < 1.29 is 9.84 Å². The zero-order chi connectivity index (χ0) is 15.4. The van der Waals surface area contributed by atoms with Gasteiger partial charge in [-0.3, -0.25) is 4.90 Å². The molecule has 1 aromatic rings. The Hall–Kier alpha value is -0.460. The minimum atomic E-state index is -0.129. The molecule has 1 fully saturated rings. The van der Waals surface area contributed by atoms with Crippen molar-refractivity contribution in [1.29, 1.82) is 0 Å². The quantitative estimate of drug-likeness (QED) is 0.849. The van der Waals surface area contributed by atoms with E-state index in [1.54, 1.807) is 0 Å². The molecule has 118 valence electrons. The Morgan fingerprint density at radius 3 is 2.62 bits per heavy atom. The molecule has 3 N–H and O–H groups in total. The number of hydrogen-bond donors (Lipinski definition) is 2. The van der Waals surface area contributed by atoms with Crippen LogP contribution < -0.4 is 5.73 Å². The maximum atomic E-state index is 9.42. The third-order valence-corrected chi connectivity index (χ3v) is 4.57. The fraction of sp³-hybridized carbons (Fsp3) is 0.625. The molecule has 21 heavy (non-hydrogen) atoms. The van der Waals surface area contributed by atoms with Crippen LogP contribution in [-0.4, -0.2) is 48.0 Å². The van der Waals surface area contributed by atoms with Gasteiger partial charge in [0.05, 0.1) is 24.9 Å². The average Bonchev–Trinajstić information content (AvgIpc) is 2.48. The molecule has 0 spiro atoms. The van der Waals surface area contributed by atoms with Gasteiger partial charge in [-0.15, -0.1) is 0 Å². The Balaban J connectivity index is 2.24. The summed E-state index contributed by atoms with van der Waals surface area (Å²) in [7, 11) is 0. The normalized spacial score (nSPS) is 26.5. The zero-order valence-corrected chi connectivity index (χ0v) is 14.3. The Morgan fingerprint density at radius 2 is 2.05 bits per heavy atom. The Labute approximate surface area is 135 Å².